The van der Waals surface area contributed by atoms with Crippen LogP contribution >= 0.6 is 0 Å². The van der Waals surface area contributed by atoms with Crippen LogP contribution < -0.4 is 30.6 Å². The van der Waals surface area contributed by atoms with Crippen molar-refractivity contribution in [2.24, 2.45) is 5.73 Å². The van der Waals surface area contributed by atoms with E-state index < -0.39 is 11.8 Å². The second kappa shape index (κ2) is 13.3. The summed E-state index contributed by atoms with van der Waals surface area (Å²) in [5, 5.41) is 5.72. The van der Waals surface area contributed by atoms with Crippen LogP contribution in [0.25, 0.3) is 10.9 Å². The van der Waals surface area contributed by atoms with E-state index in [9.17, 15) is 9.18 Å². The normalized spacial score (nSPS) is 10.7. The molecule has 0 saturated carbocycles. The van der Waals surface area contributed by atoms with Gasteiger partial charge in [-0.05, 0) is 30.7 Å². The third kappa shape index (κ3) is 7.41. The van der Waals surface area contributed by atoms with Gasteiger partial charge in [0.2, 0.25) is 0 Å². The number of fused-ring (bicyclic) bond motifs is 1. The Labute approximate surface area is 202 Å². The maximum absolute atomic E-state index is 14.6. The molecule has 0 atom stereocenters. The van der Waals surface area contributed by atoms with E-state index in [0.717, 1.165) is 0 Å². The van der Waals surface area contributed by atoms with Crippen molar-refractivity contribution in [3.8, 4) is 23.0 Å². The molecule has 10 nitrogen and oxygen atoms in total. The number of carbonyl (C=O) groups is 1. The van der Waals surface area contributed by atoms with Gasteiger partial charge in [-0.1, -0.05) is 0 Å². The second-order valence-corrected chi connectivity index (χ2v) is 7.25. The number of methoxy groups -OCH3 is 2. The number of hydrogen-bond donors (Lipinski definition) is 3. The molecule has 2 amide bonds. The van der Waals surface area contributed by atoms with Gasteiger partial charge in [0.15, 0.2) is 11.5 Å². The van der Waals surface area contributed by atoms with E-state index in [1.807, 2.05) is 0 Å². The lowest BCUT2D eigenvalue weighted by Crippen LogP contribution is -2.30. The summed E-state index contributed by atoms with van der Waals surface area (Å²) in [6, 6.07) is 8.71. The van der Waals surface area contributed by atoms with Crippen LogP contribution in [-0.2, 0) is 9.47 Å². The molecule has 0 aliphatic carbocycles. The van der Waals surface area contributed by atoms with Crippen molar-refractivity contribution >= 4 is 22.6 Å². The number of carbonyl (C=O) groups excluding carboxylic acids is 1. The predicted molar refractivity (Wildman–Crippen MR) is 129 cm³/mol. The molecule has 0 unspecified atom stereocenters. The average Bonchev–Trinajstić information content (AvgIpc) is 2.84. The van der Waals surface area contributed by atoms with Crippen molar-refractivity contribution in [1.29, 1.82) is 0 Å². The molecule has 35 heavy (non-hydrogen) atoms. The minimum absolute atomic E-state index is 0.0256. The standard InChI is InChI=1S/C24H29FN4O6/c1-31-9-3-7-28-24(30)29-19-5-4-16(12-18(19)25)35-21-6-8-27-20-14-23(33-11-10-32-2)22(34-15-26)13-17(20)21/h4-6,8,12-14H,3,7,9-11,15,26H2,1-2H3,(H2,28,29,30). The number of hydrogen-bond acceptors (Lipinski definition) is 8. The summed E-state index contributed by atoms with van der Waals surface area (Å²) in [6.45, 7) is 1.60. The zero-order valence-corrected chi connectivity index (χ0v) is 19.6. The van der Waals surface area contributed by atoms with Crippen LogP contribution in [0, 0.1) is 5.82 Å². The Morgan fingerprint density at radius 3 is 2.54 bits per heavy atom. The van der Waals surface area contributed by atoms with E-state index in [2.05, 4.69) is 15.6 Å². The van der Waals surface area contributed by atoms with Crippen molar-refractivity contribution in [2.45, 2.75) is 6.42 Å². The summed E-state index contributed by atoms with van der Waals surface area (Å²) < 4.78 is 41.7. The van der Waals surface area contributed by atoms with Gasteiger partial charge >= 0.3 is 6.03 Å². The predicted octanol–water partition coefficient (Wildman–Crippen LogP) is 3.64. The monoisotopic (exact) mass is 488 g/mol. The van der Waals surface area contributed by atoms with Gasteiger partial charge in [-0.2, -0.15) is 0 Å². The highest BCUT2D eigenvalue weighted by atomic mass is 19.1. The van der Waals surface area contributed by atoms with Gasteiger partial charge in [0.1, 0.15) is 30.7 Å². The van der Waals surface area contributed by atoms with Gasteiger partial charge in [0.25, 0.3) is 0 Å². The number of amides is 2. The molecule has 0 aliphatic rings. The fourth-order valence-corrected chi connectivity index (χ4v) is 3.14. The minimum Gasteiger partial charge on any atom is -0.487 e. The average molecular weight is 489 g/mol. The van der Waals surface area contributed by atoms with Crippen LogP contribution in [0.2, 0.25) is 0 Å². The molecular weight excluding hydrogens is 459 g/mol. The first kappa shape index (κ1) is 25.9. The molecule has 0 fully saturated rings. The van der Waals surface area contributed by atoms with Crippen molar-refractivity contribution in [3.05, 3.63) is 48.4 Å². The number of urea groups is 1. The zero-order chi connectivity index (χ0) is 25.0. The Morgan fingerprint density at radius 1 is 1.00 bits per heavy atom. The number of anilines is 1. The molecule has 0 aliphatic heterocycles. The molecule has 2 aromatic carbocycles. The fraction of sp³-hybridized carbons (Fsp3) is 0.333. The lowest BCUT2D eigenvalue weighted by molar-refractivity contribution is 0.143. The van der Waals surface area contributed by atoms with E-state index in [-0.39, 0.29) is 18.2 Å². The highest BCUT2D eigenvalue weighted by Gasteiger charge is 2.14. The first-order valence-electron chi connectivity index (χ1n) is 10.9. The van der Waals surface area contributed by atoms with Gasteiger partial charge in [0, 0.05) is 51.1 Å². The number of nitrogens with two attached hydrogens (primary N) is 1. The maximum atomic E-state index is 14.6. The van der Waals surface area contributed by atoms with E-state index >= 15 is 0 Å². The van der Waals surface area contributed by atoms with Crippen LogP contribution in [0.4, 0.5) is 14.9 Å². The summed E-state index contributed by atoms with van der Waals surface area (Å²) in [5.74, 6) is 0.899. The van der Waals surface area contributed by atoms with Crippen molar-refractivity contribution < 1.29 is 32.9 Å². The summed E-state index contributed by atoms with van der Waals surface area (Å²) in [4.78, 5) is 16.3. The number of rotatable bonds is 13. The second-order valence-electron chi connectivity index (χ2n) is 7.25. The quantitative estimate of drug-likeness (QED) is 0.246. The van der Waals surface area contributed by atoms with Crippen molar-refractivity contribution in [1.82, 2.24) is 10.3 Å². The van der Waals surface area contributed by atoms with Crippen LogP contribution in [-0.4, -0.2) is 58.3 Å². The molecule has 188 valence electrons. The molecule has 4 N–H and O–H groups in total. The topological polar surface area (TPSA) is 126 Å². The first-order chi connectivity index (χ1) is 17.0. The molecule has 3 aromatic rings. The number of nitrogens with zero attached hydrogens (tertiary/aromatic N) is 1. The molecule has 11 heteroatoms. The van der Waals surface area contributed by atoms with Crippen molar-refractivity contribution in [2.75, 3.05) is 52.6 Å². The molecule has 3 rings (SSSR count). The molecule has 0 saturated heterocycles. The van der Waals surface area contributed by atoms with E-state index in [4.69, 9.17) is 29.4 Å². The Hall–Kier alpha value is -3.67. The third-order valence-corrected chi connectivity index (χ3v) is 4.78. The number of aromatic nitrogens is 1. The lowest BCUT2D eigenvalue weighted by atomic mass is 10.1. The van der Waals surface area contributed by atoms with Crippen LogP contribution in [0.3, 0.4) is 0 Å². The summed E-state index contributed by atoms with van der Waals surface area (Å²) in [5.41, 5.74) is 6.18. The largest absolute Gasteiger partial charge is 0.487 e. The highest BCUT2D eigenvalue weighted by Crippen LogP contribution is 2.37. The lowest BCUT2D eigenvalue weighted by Gasteiger charge is -2.15. The first-order valence-corrected chi connectivity index (χ1v) is 10.9. The molecule has 0 bridgehead atoms. The van der Waals surface area contributed by atoms with E-state index in [1.165, 1.54) is 12.1 Å². The Bertz CT molecular complexity index is 1130. The Morgan fingerprint density at radius 2 is 1.80 bits per heavy atom. The molecule has 0 spiro atoms. The third-order valence-electron chi connectivity index (χ3n) is 4.78. The molecule has 0 radical (unpaired) electrons. The maximum Gasteiger partial charge on any atom is 0.319 e. The van der Waals surface area contributed by atoms with Gasteiger partial charge in [-0.25, -0.2) is 9.18 Å². The molecule has 1 aromatic heterocycles. The van der Waals surface area contributed by atoms with Gasteiger partial charge in [-0.3, -0.25) is 10.7 Å². The smallest absolute Gasteiger partial charge is 0.319 e. The number of ether oxygens (including phenoxy) is 5. The summed E-state index contributed by atoms with van der Waals surface area (Å²) >= 11 is 0. The van der Waals surface area contributed by atoms with Gasteiger partial charge in [-0.15, -0.1) is 0 Å². The molecule has 1 heterocycles. The highest BCUT2D eigenvalue weighted by molar-refractivity contribution is 5.90. The van der Waals surface area contributed by atoms with Crippen LogP contribution in [0.1, 0.15) is 6.42 Å². The summed E-state index contributed by atoms with van der Waals surface area (Å²) in [7, 11) is 3.16. The van der Waals surface area contributed by atoms with Gasteiger partial charge < -0.3 is 34.3 Å². The number of benzene rings is 2. The van der Waals surface area contributed by atoms with Crippen molar-refractivity contribution in [3.63, 3.8) is 0 Å². The summed E-state index contributed by atoms with van der Waals surface area (Å²) in [6.07, 6.45) is 2.22. The number of halogens is 1. The zero-order valence-electron chi connectivity index (χ0n) is 19.6. The molecular formula is C24H29FN4O6. The number of pyridine rings is 1. The fourth-order valence-electron chi connectivity index (χ4n) is 3.14. The van der Waals surface area contributed by atoms with E-state index in [0.29, 0.717) is 60.9 Å². The number of nitrogens with one attached hydrogen (secondary N) is 2. The minimum atomic E-state index is -0.645. The Kier molecular flexibility index (Phi) is 9.84. The van der Waals surface area contributed by atoms with E-state index in [1.54, 1.807) is 44.7 Å². The van der Waals surface area contributed by atoms with Crippen LogP contribution in [0.5, 0.6) is 23.0 Å². The SMILES string of the molecule is COCCCNC(=O)Nc1ccc(Oc2ccnc3cc(OCCOC)c(OCN)cc23)cc1F. The van der Waals surface area contributed by atoms with Crippen LogP contribution in [0.15, 0.2) is 42.6 Å². The Balaban J connectivity index is 1.76. The van der Waals surface area contributed by atoms with Gasteiger partial charge in [0.05, 0.1) is 17.8 Å².